The molecule has 0 heterocycles. The van der Waals surface area contributed by atoms with E-state index in [0.29, 0.717) is 0 Å². The molecule has 3 N–H and O–H groups in total. The van der Waals surface area contributed by atoms with Crippen LogP contribution in [-0.2, 0) is 4.79 Å². The van der Waals surface area contributed by atoms with Gasteiger partial charge in [-0.1, -0.05) is 40.0 Å². The van der Waals surface area contributed by atoms with Gasteiger partial charge in [0.15, 0.2) is 0 Å². The highest BCUT2D eigenvalue weighted by atomic mass is 16.2. The van der Waals surface area contributed by atoms with E-state index in [2.05, 4.69) is 12.2 Å². The zero-order valence-corrected chi connectivity index (χ0v) is 10.5. The molecule has 2 atom stereocenters. The van der Waals surface area contributed by atoms with Crippen LogP contribution in [-0.4, -0.2) is 18.0 Å². The van der Waals surface area contributed by atoms with E-state index in [1.54, 1.807) is 0 Å². The van der Waals surface area contributed by atoms with Crippen molar-refractivity contribution in [2.45, 2.75) is 65.5 Å². The second-order valence-electron chi connectivity index (χ2n) is 4.68. The summed E-state index contributed by atoms with van der Waals surface area (Å²) >= 11 is 0. The third kappa shape index (κ3) is 6.50. The van der Waals surface area contributed by atoms with Crippen LogP contribution in [0.1, 0.15) is 53.4 Å². The molecule has 0 radical (unpaired) electrons. The van der Waals surface area contributed by atoms with Gasteiger partial charge < -0.3 is 11.1 Å². The molecule has 0 saturated carbocycles. The number of carbonyl (C=O) groups is 1. The molecule has 0 bridgehead atoms. The van der Waals surface area contributed by atoms with Crippen LogP contribution in [0.3, 0.4) is 0 Å². The SMILES string of the molecule is CCCCCC(C)NC(=O)[C@H](N)C(C)C. The highest BCUT2D eigenvalue weighted by molar-refractivity contribution is 5.81. The van der Waals surface area contributed by atoms with E-state index >= 15 is 0 Å². The molecule has 0 aromatic rings. The number of nitrogens with two attached hydrogens (primary N) is 1. The fraction of sp³-hybridized carbons (Fsp3) is 0.917. The van der Waals surface area contributed by atoms with Gasteiger partial charge in [-0.05, 0) is 19.3 Å². The summed E-state index contributed by atoms with van der Waals surface area (Å²) in [6.45, 7) is 8.15. The maximum atomic E-state index is 11.6. The molecule has 3 nitrogen and oxygen atoms in total. The van der Waals surface area contributed by atoms with Gasteiger partial charge in [0.25, 0.3) is 0 Å². The molecule has 0 saturated heterocycles. The van der Waals surface area contributed by atoms with Crippen molar-refractivity contribution in [3.8, 4) is 0 Å². The van der Waals surface area contributed by atoms with E-state index < -0.39 is 0 Å². The summed E-state index contributed by atoms with van der Waals surface area (Å²) < 4.78 is 0. The standard InChI is InChI=1S/C12H26N2O/c1-5-6-7-8-10(4)14-12(15)11(13)9(2)3/h9-11H,5-8,13H2,1-4H3,(H,14,15)/t10?,11-/m1/s1. The number of nitrogens with one attached hydrogen (secondary N) is 1. The fourth-order valence-electron chi connectivity index (χ4n) is 1.41. The molecule has 0 aromatic carbocycles. The molecule has 0 aromatic heterocycles. The van der Waals surface area contributed by atoms with Gasteiger partial charge in [0.05, 0.1) is 6.04 Å². The van der Waals surface area contributed by atoms with E-state index in [9.17, 15) is 4.79 Å². The number of carbonyl (C=O) groups excluding carboxylic acids is 1. The van der Waals surface area contributed by atoms with E-state index in [-0.39, 0.29) is 23.9 Å². The topological polar surface area (TPSA) is 55.1 Å². The third-order valence-electron chi connectivity index (χ3n) is 2.65. The van der Waals surface area contributed by atoms with Crippen LogP contribution in [0.25, 0.3) is 0 Å². The van der Waals surface area contributed by atoms with Crippen molar-refractivity contribution >= 4 is 5.91 Å². The molecular formula is C12H26N2O. The van der Waals surface area contributed by atoms with Gasteiger partial charge in [-0.2, -0.15) is 0 Å². The Bertz CT molecular complexity index is 180. The Morgan fingerprint density at radius 1 is 1.27 bits per heavy atom. The smallest absolute Gasteiger partial charge is 0.237 e. The highest BCUT2D eigenvalue weighted by Crippen LogP contribution is 2.04. The van der Waals surface area contributed by atoms with Crippen molar-refractivity contribution in [1.82, 2.24) is 5.32 Å². The molecule has 15 heavy (non-hydrogen) atoms. The Labute approximate surface area is 93.8 Å². The lowest BCUT2D eigenvalue weighted by Crippen LogP contribution is -2.47. The Morgan fingerprint density at radius 2 is 1.87 bits per heavy atom. The Balaban J connectivity index is 3.75. The van der Waals surface area contributed by atoms with Gasteiger partial charge >= 0.3 is 0 Å². The quantitative estimate of drug-likeness (QED) is 0.637. The predicted octanol–water partition coefficient (Wildman–Crippen LogP) is 2.05. The molecule has 0 fully saturated rings. The van der Waals surface area contributed by atoms with Crippen molar-refractivity contribution < 1.29 is 4.79 Å². The molecule has 3 heteroatoms. The first kappa shape index (κ1) is 14.4. The predicted molar refractivity (Wildman–Crippen MR) is 64.6 cm³/mol. The van der Waals surface area contributed by atoms with Crippen LogP contribution in [0.15, 0.2) is 0 Å². The van der Waals surface area contributed by atoms with Gasteiger partial charge in [0.2, 0.25) is 5.91 Å². The van der Waals surface area contributed by atoms with Crippen LogP contribution < -0.4 is 11.1 Å². The molecule has 0 rings (SSSR count). The molecule has 0 aliphatic carbocycles. The molecular weight excluding hydrogens is 188 g/mol. The average Bonchev–Trinajstić information content (AvgIpc) is 2.16. The highest BCUT2D eigenvalue weighted by Gasteiger charge is 2.18. The van der Waals surface area contributed by atoms with Gasteiger partial charge in [0, 0.05) is 6.04 Å². The van der Waals surface area contributed by atoms with Crippen LogP contribution in [0.5, 0.6) is 0 Å². The van der Waals surface area contributed by atoms with Gasteiger partial charge in [-0.3, -0.25) is 4.79 Å². The summed E-state index contributed by atoms with van der Waals surface area (Å²) in [5, 5.41) is 2.96. The molecule has 1 unspecified atom stereocenters. The van der Waals surface area contributed by atoms with E-state index in [1.807, 2.05) is 20.8 Å². The molecule has 0 aliphatic heterocycles. The summed E-state index contributed by atoms with van der Waals surface area (Å²) in [6.07, 6.45) is 4.67. The van der Waals surface area contributed by atoms with Crippen LogP contribution in [0.4, 0.5) is 0 Å². The van der Waals surface area contributed by atoms with E-state index in [4.69, 9.17) is 5.73 Å². The van der Waals surface area contributed by atoms with Crippen molar-refractivity contribution in [2.75, 3.05) is 0 Å². The molecule has 90 valence electrons. The van der Waals surface area contributed by atoms with Crippen molar-refractivity contribution in [3.63, 3.8) is 0 Å². The Morgan fingerprint density at radius 3 is 2.33 bits per heavy atom. The third-order valence-corrected chi connectivity index (χ3v) is 2.65. The van der Waals surface area contributed by atoms with Gasteiger partial charge in [0.1, 0.15) is 0 Å². The average molecular weight is 214 g/mol. The minimum absolute atomic E-state index is 0.0194. The monoisotopic (exact) mass is 214 g/mol. The first-order valence-electron chi connectivity index (χ1n) is 6.05. The summed E-state index contributed by atoms with van der Waals surface area (Å²) in [5.41, 5.74) is 5.75. The first-order valence-corrected chi connectivity index (χ1v) is 6.05. The van der Waals surface area contributed by atoms with E-state index in [0.717, 1.165) is 6.42 Å². The van der Waals surface area contributed by atoms with Gasteiger partial charge in [-0.25, -0.2) is 0 Å². The first-order chi connectivity index (χ1) is 6.99. The Hall–Kier alpha value is -0.570. The summed E-state index contributed by atoms with van der Waals surface area (Å²) in [5.74, 6) is 0.182. The number of unbranched alkanes of at least 4 members (excludes halogenated alkanes) is 2. The second kappa shape index (κ2) is 7.69. The van der Waals surface area contributed by atoms with Crippen LogP contribution in [0.2, 0.25) is 0 Å². The summed E-state index contributed by atoms with van der Waals surface area (Å²) in [6, 6.07) is -0.132. The maximum Gasteiger partial charge on any atom is 0.237 e. The number of hydrogen-bond donors (Lipinski definition) is 2. The normalized spacial score (nSPS) is 15.1. The zero-order chi connectivity index (χ0) is 11.8. The summed E-state index contributed by atoms with van der Waals surface area (Å²) in [4.78, 5) is 11.6. The minimum Gasteiger partial charge on any atom is -0.352 e. The maximum absolute atomic E-state index is 11.6. The largest absolute Gasteiger partial charge is 0.352 e. The van der Waals surface area contributed by atoms with Crippen molar-refractivity contribution in [1.29, 1.82) is 0 Å². The van der Waals surface area contributed by atoms with E-state index in [1.165, 1.54) is 19.3 Å². The number of amides is 1. The van der Waals surface area contributed by atoms with Crippen LogP contribution in [0, 0.1) is 5.92 Å². The lowest BCUT2D eigenvalue weighted by Gasteiger charge is -2.19. The summed E-state index contributed by atoms with van der Waals surface area (Å²) in [7, 11) is 0. The molecule has 1 amide bonds. The number of rotatable bonds is 7. The van der Waals surface area contributed by atoms with Gasteiger partial charge in [-0.15, -0.1) is 0 Å². The van der Waals surface area contributed by atoms with Crippen molar-refractivity contribution in [2.24, 2.45) is 11.7 Å². The fourth-order valence-corrected chi connectivity index (χ4v) is 1.41. The molecule has 0 aliphatic rings. The van der Waals surface area contributed by atoms with Crippen molar-refractivity contribution in [3.05, 3.63) is 0 Å². The number of hydrogen-bond acceptors (Lipinski definition) is 2. The Kier molecular flexibility index (Phi) is 7.39. The minimum atomic E-state index is -0.376. The van der Waals surface area contributed by atoms with Crippen LogP contribution >= 0.6 is 0 Å². The lowest BCUT2D eigenvalue weighted by molar-refractivity contribution is -0.123. The lowest BCUT2D eigenvalue weighted by atomic mass is 10.0. The molecule has 0 spiro atoms. The zero-order valence-electron chi connectivity index (χ0n) is 10.5. The second-order valence-corrected chi connectivity index (χ2v) is 4.68.